The second-order valence-electron chi connectivity index (χ2n) is 2.52. The fraction of sp³-hybridized carbons (Fsp3) is 1.00. The highest BCUT2D eigenvalue weighted by atomic mass is 28.4. The molecule has 0 fully saturated rings. The SMILES string of the molecule is CCO[Si](CCN)(OCC)OCC.[SiH4]. The Morgan fingerprint density at radius 2 is 1.29 bits per heavy atom. The normalized spacial score (nSPS) is 11.1. The molecule has 0 aliphatic rings. The van der Waals surface area contributed by atoms with E-state index >= 15 is 0 Å². The Labute approximate surface area is 92.5 Å². The van der Waals surface area contributed by atoms with E-state index in [1.54, 1.807) is 0 Å². The van der Waals surface area contributed by atoms with Gasteiger partial charge in [-0.3, -0.25) is 0 Å². The van der Waals surface area contributed by atoms with Crippen LogP contribution in [-0.4, -0.2) is 46.1 Å². The van der Waals surface area contributed by atoms with Gasteiger partial charge in [-0.05, 0) is 38.3 Å². The standard InChI is InChI=1S/C8H21NO3Si.H4Si/c1-4-10-13(8-7-9,11-5-2)12-6-3;/h4-9H2,1-3H3;1H4. The summed E-state index contributed by atoms with van der Waals surface area (Å²) in [6.45, 7) is 8.22. The molecule has 0 rings (SSSR count). The van der Waals surface area contributed by atoms with Gasteiger partial charge in [0.1, 0.15) is 0 Å². The van der Waals surface area contributed by atoms with Crippen LogP contribution in [0.3, 0.4) is 0 Å². The number of hydrogen-bond donors (Lipinski definition) is 1. The summed E-state index contributed by atoms with van der Waals surface area (Å²) in [7, 11) is -2.42. The highest BCUT2D eigenvalue weighted by Gasteiger charge is 2.39. The van der Waals surface area contributed by atoms with Crippen LogP contribution < -0.4 is 5.73 Å². The fourth-order valence-electron chi connectivity index (χ4n) is 1.18. The third kappa shape index (κ3) is 5.89. The predicted octanol–water partition coefficient (Wildman–Crippen LogP) is -0.458. The highest BCUT2D eigenvalue weighted by Crippen LogP contribution is 2.14. The molecule has 0 saturated carbocycles. The van der Waals surface area contributed by atoms with E-state index in [1.165, 1.54) is 0 Å². The minimum absolute atomic E-state index is 0. The lowest BCUT2D eigenvalue weighted by atomic mass is 10.8. The van der Waals surface area contributed by atoms with E-state index < -0.39 is 8.80 Å². The van der Waals surface area contributed by atoms with Crippen LogP contribution in [0.5, 0.6) is 0 Å². The van der Waals surface area contributed by atoms with Crippen molar-refractivity contribution >= 4 is 19.8 Å². The third-order valence-corrected chi connectivity index (χ3v) is 4.63. The Morgan fingerprint density at radius 3 is 1.50 bits per heavy atom. The molecule has 14 heavy (non-hydrogen) atoms. The maximum Gasteiger partial charge on any atom is 0.502 e. The second kappa shape index (κ2) is 9.81. The molecule has 0 aromatic heterocycles. The van der Waals surface area contributed by atoms with Gasteiger partial charge in [-0.15, -0.1) is 0 Å². The van der Waals surface area contributed by atoms with Gasteiger partial charge in [0.2, 0.25) is 0 Å². The summed E-state index contributed by atoms with van der Waals surface area (Å²) in [6, 6.07) is 0.697. The molecule has 0 saturated heterocycles. The molecule has 0 spiro atoms. The van der Waals surface area contributed by atoms with E-state index in [0.717, 1.165) is 0 Å². The number of nitrogens with two attached hydrogens (primary N) is 1. The first-order valence-electron chi connectivity index (χ1n) is 4.86. The lowest BCUT2D eigenvalue weighted by molar-refractivity contribution is 0.0720. The van der Waals surface area contributed by atoms with Crippen molar-refractivity contribution in [3.05, 3.63) is 0 Å². The Morgan fingerprint density at radius 1 is 0.929 bits per heavy atom. The molecule has 0 radical (unpaired) electrons. The first-order valence-corrected chi connectivity index (χ1v) is 6.79. The van der Waals surface area contributed by atoms with Crippen LogP contribution in [0.1, 0.15) is 20.8 Å². The van der Waals surface area contributed by atoms with E-state index in [1.807, 2.05) is 20.8 Å². The molecule has 88 valence electrons. The molecular weight excluding hydrogens is 214 g/mol. The van der Waals surface area contributed by atoms with Gasteiger partial charge in [-0.1, -0.05) is 0 Å². The molecular formula is C8H25NO3Si2. The monoisotopic (exact) mass is 239 g/mol. The predicted molar refractivity (Wildman–Crippen MR) is 65.8 cm³/mol. The summed E-state index contributed by atoms with van der Waals surface area (Å²) in [5, 5.41) is 0. The minimum Gasteiger partial charge on any atom is -0.374 e. The zero-order chi connectivity index (χ0) is 10.2. The van der Waals surface area contributed by atoms with Crippen LogP contribution in [-0.2, 0) is 13.3 Å². The molecule has 0 heterocycles. The largest absolute Gasteiger partial charge is 0.502 e. The van der Waals surface area contributed by atoms with E-state index in [-0.39, 0.29) is 11.0 Å². The summed E-state index contributed by atoms with van der Waals surface area (Å²) in [5.41, 5.74) is 5.50. The van der Waals surface area contributed by atoms with Gasteiger partial charge in [0.25, 0.3) is 0 Å². The van der Waals surface area contributed by atoms with Crippen LogP contribution in [0.25, 0.3) is 0 Å². The maximum absolute atomic E-state index is 5.57. The minimum atomic E-state index is -2.42. The van der Waals surface area contributed by atoms with Crippen molar-refractivity contribution in [1.82, 2.24) is 0 Å². The Bertz CT molecular complexity index is 97.6. The van der Waals surface area contributed by atoms with Gasteiger partial charge in [0.05, 0.1) is 0 Å². The van der Waals surface area contributed by atoms with Crippen molar-refractivity contribution in [3.63, 3.8) is 0 Å². The molecule has 0 amide bonds. The van der Waals surface area contributed by atoms with Crippen LogP contribution in [0.2, 0.25) is 6.04 Å². The molecule has 2 N–H and O–H groups in total. The average molecular weight is 239 g/mol. The van der Waals surface area contributed by atoms with E-state index in [9.17, 15) is 0 Å². The number of rotatable bonds is 8. The van der Waals surface area contributed by atoms with Gasteiger partial charge in [-0.2, -0.15) is 0 Å². The molecule has 6 heteroatoms. The molecule has 0 aromatic carbocycles. The maximum atomic E-state index is 5.57. The molecule has 0 unspecified atom stereocenters. The topological polar surface area (TPSA) is 53.7 Å². The molecule has 0 aliphatic carbocycles. The fourth-order valence-corrected chi connectivity index (χ4v) is 3.53. The van der Waals surface area contributed by atoms with Crippen molar-refractivity contribution in [1.29, 1.82) is 0 Å². The molecule has 0 aromatic rings. The van der Waals surface area contributed by atoms with Crippen molar-refractivity contribution in [2.24, 2.45) is 5.73 Å². The number of hydrogen-bond acceptors (Lipinski definition) is 4. The van der Waals surface area contributed by atoms with Gasteiger partial charge >= 0.3 is 8.80 Å². The molecule has 4 nitrogen and oxygen atoms in total. The zero-order valence-corrected chi connectivity index (χ0v) is 9.84. The van der Waals surface area contributed by atoms with Crippen LogP contribution in [0.15, 0.2) is 0 Å². The van der Waals surface area contributed by atoms with Crippen molar-refractivity contribution in [2.75, 3.05) is 26.4 Å². The van der Waals surface area contributed by atoms with Gasteiger partial charge < -0.3 is 19.0 Å². The lowest BCUT2D eigenvalue weighted by Crippen LogP contribution is -2.47. The summed E-state index contributed by atoms with van der Waals surface area (Å²) in [5.74, 6) is 0. The summed E-state index contributed by atoms with van der Waals surface area (Å²) < 4.78 is 16.7. The van der Waals surface area contributed by atoms with E-state index in [0.29, 0.717) is 32.4 Å². The lowest BCUT2D eigenvalue weighted by Gasteiger charge is -2.27. The van der Waals surface area contributed by atoms with Crippen molar-refractivity contribution in [3.8, 4) is 0 Å². The van der Waals surface area contributed by atoms with E-state index in [4.69, 9.17) is 19.0 Å². The zero-order valence-electron chi connectivity index (χ0n) is 8.84. The second-order valence-corrected chi connectivity index (χ2v) is 5.25. The first kappa shape index (κ1) is 16.7. The smallest absolute Gasteiger partial charge is 0.374 e. The summed E-state index contributed by atoms with van der Waals surface area (Å²) >= 11 is 0. The van der Waals surface area contributed by atoms with Gasteiger partial charge in [0.15, 0.2) is 0 Å². The molecule has 0 atom stereocenters. The van der Waals surface area contributed by atoms with Crippen LogP contribution >= 0.6 is 0 Å². The Hall–Kier alpha value is 0.274. The quantitative estimate of drug-likeness (QED) is 0.583. The Kier molecular flexibility index (Phi) is 11.7. The van der Waals surface area contributed by atoms with Crippen molar-refractivity contribution < 1.29 is 13.3 Å². The molecule has 0 aliphatic heterocycles. The summed E-state index contributed by atoms with van der Waals surface area (Å²) in [4.78, 5) is 0. The summed E-state index contributed by atoms with van der Waals surface area (Å²) in [6.07, 6.45) is 0. The van der Waals surface area contributed by atoms with Crippen LogP contribution in [0.4, 0.5) is 0 Å². The first-order chi connectivity index (χ1) is 6.24. The molecule has 0 bridgehead atoms. The van der Waals surface area contributed by atoms with E-state index in [2.05, 4.69) is 0 Å². The highest BCUT2D eigenvalue weighted by molar-refractivity contribution is 6.60. The Balaban J connectivity index is 0. The van der Waals surface area contributed by atoms with Gasteiger partial charge in [-0.25, -0.2) is 0 Å². The average Bonchev–Trinajstić information content (AvgIpc) is 2.06. The van der Waals surface area contributed by atoms with Gasteiger partial charge in [0, 0.05) is 25.9 Å². The third-order valence-electron chi connectivity index (χ3n) is 1.54. The van der Waals surface area contributed by atoms with Crippen molar-refractivity contribution in [2.45, 2.75) is 26.8 Å². The van der Waals surface area contributed by atoms with Crippen LogP contribution in [0, 0.1) is 0 Å².